The number of nitrogens with zero attached hydrogens (tertiary/aromatic N) is 1. The van der Waals surface area contributed by atoms with Crippen molar-refractivity contribution < 1.29 is 13.9 Å². The number of amides is 1. The average molecular weight is 369 g/mol. The van der Waals surface area contributed by atoms with E-state index < -0.39 is 0 Å². The fraction of sp³-hybridized carbons (Fsp3) is 0.200. The summed E-state index contributed by atoms with van der Waals surface area (Å²) in [5, 5.41) is 5.76. The van der Waals surface area contributed by atoms with Gasteiger partial charge in [-0.15, -0.1) is 0 Å². The van der Waals surface area contributed by atoms with Crippen molar-refractivity contribution in [2.24, 2.45) is 0 Å². The zero-order chi connectivity index (χ0) is 19.4. The van der Waals surface area contributed by atoms with Crippen LogP contribution in [0.15, 0.2) is 53.3 Å². The minimum absolute atomic E-state index is 0.148. The van der Waals surface area contributed by atoms with Gasteiger partial charge in [-0.05, 0) is 49.7 Å². The lowest BCUT2D eigenvalue weighted by atomic mass is 10.1. The molecule has 27 heavy (non-hydrogen) atoms. The zero-order valence-electron chi connectivity index (χ0n) is 15.1. The lowest BCUT2D eigenvalue weighted by molar-refractivity contribution is -0.116. The highest BCUT2D eigenvalue weighted by Crippen LogP contribution is 2.23. The van der Waals surface area contributed by atoms with Gasteiger partial charge in [0.2, 0.25) is 5.91 Å². The number of benzene rings is 2. The summed E-state index contributed by atoms with van der Waals surface area (Å²) in [5.74, 6) is -0.0153. The maximum Gasteiger partial charge on any atom is 0.274 e. The highest BCUT2D eigenvalue weighted by molar-refractivity contribution is 5.92. The minimum Gasteiger partial charge on any atom is -0.495 e. The SMILES string of the molecule is COc1ccccc1NC(=O)CCc1c(C)[nH]n(-c2ccc(F)cc2)c1=O. The van der Waals surface area contributed by atoms with Crippen LogP contribution in [0.1, 0.15) is 17.7 Å². The first kappa shape index (κ1) is 18.4. The van der Waals surface area contributed by atoms with Crippen LogP contribution in [0.3, 0.4) is 0 Å². The van der Waals surface area contributed by atoms with E-state index in [0.717, 1.165) is 0 Å². The minimum atomic E-state index is -0.372. The smallest absolute Gasteiger partial charge is 0.274 e. The Hall–Kier alpha value is -3.35. The molecule has 0 spiro atoms. The van der Waals surface area contributed by atoms with Crippen LogP contribution >= 0.6 is 0 Å². The standard InChI is InChI=1S/C20H20FN3O3/c1-13-16(20(26)24(23-13)15-9-7-14(21)8-10-15)11-12-19(25)22-17-5-3-4-6-18(17)27-2/h3-10,23H,11-12H2,1-2H3,(H,22,25). The molecule has 6 nitrogen and oxygen atoms in total. The molecule has 0 saturated carbocycles. The molecule has 1 aromatic heterocycles. The molecule has 1 amide bonds. The number of aryl methyl sites for hydroxylation is 1. The topological polar surface area (TPSA) is 76.1 Å². The molecule has 0 fully saturated rings. The van der Waals surface area contributed by atoms with Gasteiger partial charge >= 0.3 is 0 Å². The van der Waals surface area contributed by atoms with Crippen LogP contribution in [-0.2, 0) is 11.2 Å². The Labute approximate surface area is 155 Å². The van der Waals surface area contributed by atoms with E-state index in [1.807, 2.05) is 6.07 Å². The number of hydrogen-bond donors (Lipinski definition) is 2. The third kappa shape index (κ3) is 4.08. The molecule has 0 aliphatic carbocycles. The number of ether oxygens (including phenoxy) is 1. The summed E-state index contributed by atoms with van der Waals surface area (Å²) < 4.78 is 19.6. The second-order valence-corrected chi connectivity index (χ2v) is 6.08. The molecule has 7 heteroatoms. The van der Waals surface area contributed by atoms with Crippen molar-refractivity contribution in [1.82, 2.24) is 9.78 Å². The van der Waals surface area contributed by atoms with Gasteiger partial charge in [0.25, 0.3) is 5.56 Å². The normalized spacial score (nSPS) is 10.6. The molecular weight excluding hydrogens is 349 g/mol. The Kier molecular flexibility index (Phi) is 5.40. The van der Waals surface area contributed by atoms with E-state index in [4.69, 9.17) is 4.74 Å². The predicted molar refractivity (Wildman–Crippen MR) is 101 cm³/mol. The van der Waals surface area contributed by atoms with Crippen LogP contribution < -0.4 is 15.6 Å². The Morgan fingerprint density at radius 3 is 2.59 bits per heavy atom. The molecule has 3 aromatic rings. The van der Waals surface area contributed by atoms with Gasteiger partial charge in [-0.1, -0.05) is 12.1 Å². The fourth-order valence-corrected chi connectivity index (χ4v) is 2.85. The summed E-state index contributed by atoms with van der Waals surface area (Å²) in [6, 6.07) is 12.7. The maximum absolute atomic E-state index is 13.1. The summed E-state index contributed by atoms with van der Waals surface area (Å²) in [5.41, 5.74) is 2.07. The molecule has 0 aliphatic rings. The van der Waals surface area contributed by atoms with Gasteiger partial charge in [0, 0.05) is 17.7 Å². The molecule has 140 valence electrons. The number of halogens is 1. The van der Waals surface area contributed by atoms with Crippen molar-refractivity contribution >= 4 is 11.6 Å². The van der Waals surface area contributed by atoms with Gasteiger partial charge in [0.05, 0.1) is 18.5 Å². The van der Waals surface area contributed by atoms with Crippen LogP contribution in [0.2, 0.25) is 0 Å². The first-order valence-corrected chi connectivity index (χ1v) is 8.49. The van der Waals surface area contributed by atoms with Gasteiger partial charge in [0.15, 0.2) is 0 Å². The highest BCUT2D eigenvalue weighted by atomic mass is 19.1. The molecular formula is C20H20FN3O3. The summed E-state index contributed by atoms with van der Waals surface area (Å²) in [4.78, 5) is 24.9. The molecule has 3 rings (SSSR count). The number of methoxy groups -OCH3 is 1. The van der Waals surface area contributed by atoms with Crippen LogP contribution in [0, 0.1) is 12.7 Å². The lowest BCUT2D eigenvalue weighted by Gasteiger charge is -2.09. The quantitative estimate of drug-likeness (QED) is 0.701. The number of H-pyrrole nitrogens is 1. The Balaban J connectivity index is 1.72. The molecule has 0 bridgehead atoms. The number of hydrogen-bond acceptors (Lipinski definition) is 3. The first-order valence-electron chi connectivity index (χ1n) is 8.49. The van der Waals surface area contributed by atoms with E-state index in [-0.39, 0.29) is 30.1 Å². The highest BCUT2D eigenvalue weighted by Gasteiger charge is 2.15. The average Bonchev–Trinajstić information content (AvgIpc) is 2.95. The first-order chi connectivity index (χ1) is 13.0. The van der Waals surface area contributed by atoms with E-state index in [9.17, 15) is 14.0 Å². The van der Waals surface area contributed by atoms with Crippen LogP contribution in [-0.4, -0.2) is 22.8 Å². The largest absolute Gasteiger partial charge is 0.495 e. The molecule has 0 atom stereocenters. The van der Waals surface area contributed by atoms with Gasteiger partial charge in [-0.25, -0.2) is 9.07 Å². The van der Waals surface area contributed by atoms with Crippen LogP contribution in [0.5, 0.6) is 5.75 Å². The number of rotatable bonds is 6. The van der Waals surface area contributed by atoms with E-state index in [1.165, 1.54) is 36.1 Å². The van der Waals surface area contributed by atoms with E-state index >= 15 is 0 Å². The predicted octanol–water partition coefficient (Wildman–Crippen LogP) is 3.19. The Morgan fingerprint density at radius 2 is 1.89 bits per heavy atom. The Morgan fingerprint density at radius 1 is 1.19 bits per heavy atom. The van der Waals surface area contributed by atoms with E-state index in [0.29, 0.717) is 28.4 Å². The number of carbonyl (C=O) groups is 1. The van der Waals surface area contributed by atoms with Gasteiger partial charge in [0.1, 0.15) is 11.6 Å². The third-order valence-corrected chi connectivity index (χ3v) is 4.26. The van der Waals surface area contributed by atoms with Crippen molar-refractivity contribution in [3.63, 3.8) is 0 Å². The molecule has 0 saturated heterocycles. The van der Waals surface area contributed by atoms with Crippen LogP contribution in [0.25, 0.3) is 5.69 Å². The van der Waals surface area contributed by atoms with Gasteiger partial charge < -0.3 is 10.1 Å². The van der Waals surface area contributed by atoms with E-state index in [1.54, 1.807) is 25.1 Å². The van der Waals surface area contributed by atoms with Crippen molar-refractivity contribution in [3.05, 3.63) is 76.0 Å². The van der Waals surface area contributed by atoms with Crippen LogP contribution in [0.4, 0.5) is 10.1 Å². The van der Waals surface area contributed by atoms with Crippen molar-refractivity contribution in [2.45, 2.75) is 19.8 Å². The Bertz CT molecular complexity index is 1010. The number of aromatic amines is 1. The number of carbonyl (C=O) groups excluding carboxylic acids is 1. The zero-order valence-corrected chi connectivity index (χ0v) is 15.1. The second kappa shape index (κ2) is 7.90. The summed E-state index contributed by atoms with van der Waals surface area (Å²) in [6.07, 6.45) is 0.436. The molecule has 0 aliphatic heterocycles. The fourth-order valence-electron chi connectivity index (χ4n) is 2.85. The monoisotopic (exact) mass is 369 g/mol. The molecule has 2 aromatic carbocycles. The third-order valence-electron chi connectivity index (χ3n) is 4.26. The number of para-hydroxylation sites is 2. The van der Waals surface area contributed by atoms with Gasteiger partial charge in [-0.2, -0.15) is 0 Å². The van der Waals surface area contributed by atoms with Crippen molar-refractivity contribution in [2.75, 3.05) is 12.4 Å². The maximum atomic E-state index is 13.1. The molecule has 1 heterocycles. The number of nitrogens with one attached hydrogen (secondary N) is 2. The van der Waals surface area contributed by atoms with Crippen molar-refractivity contribution in [3.8, 4) is 11.4 Å². The summed E-state index contributed by atoms with van der Waals surface area (Å²) in [7, 11) is 1.53. The summed E-state index contributed by atoms with van der Waals surface area (Å²) >= 11 is 0. The summed E-state index contributed by atoms with van der Waals surface area (Å²) in [6.45, 7) is 1.77. The molecule has 0 unspecified atom stereocenters. The lowest BCUT2D eigenvalue weighted by Crippen LogP contribution is -2.19. The van der Waals surface area contributed by atoms with Crippen molar-refractivity contribution in [1.29, 1.82) is 0 Å². The van der Waals surface area contributed by atoms with E-state index in [2.05, 4.69) is 10.4 Å². The molecule has 2 N–H and O–H groups in total. The molecule has 0 radical (unpaired) electrons. The van der Waals surface area contributed by atoms with Gasteiger partial charge in [-0.3, -0.25) is 14.7 Å². The number of aromatic nitrogens is 2. The second-order valence-electron chi connectivity index (χ2n) is 6.08. The number of anilines is 1.